The van der Waals surface area contributed by atoms with Gasteiger partial charge in [0.05, 0.1) is 19.8 Å². The van der Waals surface area contributed by atoms with E-state index in [2.05, 4.69) is 24.3 Å². The van der Waals surface area contributed by atoms with Gasteiger partial charge in [0.15, 0.2) is 11.5 Å². The molecular formula is C18H19NO3. The molecule has 4 nitrogen and oxygen atoms in total. The lowest BCUT2D eigenvalue weighted by molar-refractivity contribution is -0.129. The van der Waals surface area contributed by atoms with Crippen LogP contribution in [0.5, 0.6) is 11.5 Å². The fourth-order valence-corrected chi connectivity index (χ4v) is 4.12. The molecule has 1 aromatic carbocycles. The maximum atomic E-state index is 12.4. The maximum Gasteiger partial charge on any atom is 0.247 e. The van der Waals surface area contributed by atoms with Gasteiger partial charge in [-0.15, -0.1) is 0 Å². The van der Waals surface area contributed by atoms with Gasteiger partial charge in [-0.1, -0.05) is 12.2 Å². The molecular weight excluding hydrogens is 278 g/mol. The highest BCUT2D eigenvalue weighted by Gasteiger charge is 2.51. The quantitative estimate of drug-likeness (QED) is 0.788. The third-order valence-electron chi connectivity index (χ3n) is 5.13. The number of benzene rings is 1. The number of carbonyl (C=O) groups excluding carboxylic acids is 1. The molecule has 1 atom stereocenters. The molecule has 22 heavy (non-hydrogen) atoms. The lowest BCUT2D eigenvalue weighted by Crippen LogP contribution is -2.50. The van der Waals surface area contributed by atoms with E-state index in [0.717, 1.165) is 37.3 Å². The van der Waals surface area contributed by atoms with Crippen molar-refractivity contribution in [2.24, 2.45) is 0 Å². The molecule has 0 saturated carbocycles. The van der Waals surface area contributed by atoms with Gasteiger partial charge < -0.3 is 14.4 Å². The van der Waals surface area contributed by atoms with E-state index in [0.29, 0.717) is 0 Å². The fourth-order valence-electron chi connectivity index (χ4n) is 4.12. The summed E-state index contributed by atoms with van der Waals surface area (Å²) in [6, 6.07) is 4.13. The number of allylic oxidation sites excluding steroid dienone is 1. The van der Waals surface area contributed by atoms with E-state index < -0.39 is 0 Å². The second kappa shape index (κ2) is 4.63. The maximum absolute atomic E-state index is 12.4. The molecule has 0 fully saturated rings. The molecule has 2 aliphatic heterocycles. The normalized spacial score (nSPS) is 25.3. The Balaban J connectivity index is 1.96. The van der Waals surface area contributed by atoms with Gasteiger partial charge >= 0.3 is 0 Å². The molecule has 1 aliphatic carbocycles. The van der Waals surface area contributed by atoms with Crippen molar-refractivity contribution in [2.45, 2.75) is 24.8 Å². The van der Waals surface area contributed by atoms with Crippen LogP contribution in [-0.4, -0.2) is 31.6 Å². The standard InChI is InChI=1S/C18H19NO3/c1-21-15-9-12-6-8-19-17(20)10-13-5-3-4-7-18(13,19)14(12)11-16(15)22-2/h3-4,9-11H,5-8H2,1-2H3/t18-/m0/s1. The Bertz CT molecular complexity index is 719. The van der Waals surface area contributed by atoms with Crippen LogP contribution < -0.4 is 9.47 Å². The lowest BCUT2D eigenvalue weighted by atomic mass is 9.72. The van der Waals surface area contributed by atoms with E-state index in [1.165, 1.54) is 16.7 Å². The fraction of sp³-hybridized carbons (Fsp3) is 0.389. The van der Waals surface area contributed by atoms with Crippen molar-refractivity contribution >= 4 is 5.91 Å². The highest BCUT2D eigenvalue weighted by molar-refractivity contribution is 5.94. The predicted octanol–water partition coefficient (Wildman–Crippen LogP) is 2.57. The summed E-state index contributed by atoms with van der Waals surface area (Å²) in [7, 11) is 3.31. The Hall–Kier alpha value is -2.23. The molecule has 0 bridgehead atoms. The number of fused-ring (bicyclic) bond motifs is 1. The molecule has 1 amide bonds. The van der Waals surface area contributed by atoms with Gasteiger partial charge in [-0.25, -0.2) is 0 Å². The van der Waals surface area contributed by atoms with Crippen LogP contribution in [0, 0.1) is 0 Å². The zero-order valence-electron chi connectivity index (χ0n) is 12.9. The van der Waals surface area contributed by atoms with Crippen molar-refractivity contribution in [3.8, 4) is 11.5 Å². The zero-order valence-corrected chi connectivity index (χ0v) is 12.9. The van der Waals surface area contributed by atoms with Crippen molar-refractivity contribution in [3.63, 3.8) is 0 Å². The van der Waals surface area contributed by atoms with Gasteiger partial charge in [-0.2, -0.15) is 0 Å². The molecule has 3 aliphatic rings. The molecule has 0 aromatic heterocycles. The summed E-state index contributed by atoms with van der Waals surface area (Å²) >= 11 is 0. The minimum atomic E-state index is -0.307. The van der Waals surface area contributed by atoms with Crippen LogP contribution >= 0.6 is 0 Å². The van der Waals surface area contributed by atoms with Crippen molar-refractivity contribution < 1.29 is 14.3 Å². The van der Waals surface area contributed by atoms with E-state index in [1.54, 1.807) is 14.2 Å². The van der Waals surface area contributed by atoms with Crippen molar-refractivity contribution in [2.75, 3.05) is 20.8 Å². The van der Waals surface area contributed by atoms with Crippen LogP contribution in [0.4, 0.5) is 0 Å². The molecule has 4 heteroatoms. The molecule has 1 aromatic rings. The highest BCUT2D eigenvalue weighted by Crippen LogP contribution is 2.52. The Morgan fingerprint density at radius 3 is 2.68 bits per heavy atom. The summed E-state index contributed by atoms with van der Waals surface area (Å²) in [5, 5.41) is 0. The van der Waals surface area contributed by atoms with Gasteiger partial charge in [-0.05, 0) is 48.1 Å². The van der Waals surface area contributed by atoms with E-state index in [1.807, 2.05) is 11.0 Å². The largest absolute Gasteiger partial charge is 0.493 e. The first-order valence-corrected chi connectivity index (χ1v) is 7.63. The van der Waals surface area contributed by atoms with Gasteiger partial charge in [0.1, 0.15) is 0 Å². The SMILES string of the molecule is COc1cc2c(cc1OC)[C@]13CC=CCC1=CC(=O)N3CC2. The van der Waals surface area contributed by atoms with E-state index >= 15 is 0 Å². The molecule has 2 heterocycles. The first kappa shape index (κ1) is 13.4. The number of amides is 1. The van der Waals surface area contributed by atoms with Crippen LogP contribution in [0.15, 0.2) is 35.9 Å². The van der Waals surface area contributed by atoms with Crippen LogP contribution in [0.1, 0.15) is 24.0 Å². The van der Waals surface area contributed by atoms with Gasteiger partial charge in [0.2, 0.25) is 5.91 Å². The molecule has 0 N–H and O–H groups in total. The Morgan fingerprint density at radius 1 is 1.14 bits per heavy atom. The number of hydrogen-bond donors (Lipinski definition) is 0. The molecule has 1 spiro atoms. The van der Waals surface area contributed by atoms with Crippen LogP contribution in [0.2, 0.25) is 0 Å². The Labute approximate surface area is 130 Å². The summed E-state index contributed by atoms with van der Waals surface area (Å²) < 4.78 is 10.9. The van der Waals surface area contributed by atoms with E-state index in [4.69, 9.17) is 9.47 Å². The zero-order chi connectivity index (χ0) is 15.3. The minimum absolute atomic E-state index is 0.138. The Morgan fingerprint density at radius 2 is 1.91 bits per heavy atom. The first-order valence-electron chi connectivity index (χ1n) is 7.63. The lowest BCUT2D eigenvalue weighted by Gasteiger charge is -2.47. The molecule has 0 unspecified atom stereocenters. The highest BCUT2D eigenvalue weighted by atomic mass is 16.5. The third-order valence-corrected chi connectivity index (χ3v) is 5.13. The average molecular weight is 297 g/mol. The summed E-state index contributed by atoms with van der Waals surface area (Å²) in [6.07, 6.45) is 8.71. The monoisotopic (exact) mass is 297 g/mol. The number of ether oxygens (including phenoxy) is 2. The summed E-state index contributed by atoms with van der Waals surface area (Å²) in [4.78, 5) is 14.5. The topological polar surface area (TPSA) is 38.8 Å². The minimum Gasteiger partial charge on any atom is -0.493 e. The molecule has 114 valence electrons. The summed E-state index contributed by atoms with van der Waals surface area (Å²) in [5.41, 5.74) is 3.34. The van der Waals surface area contributed by atoms with Gasteiger partial charge in [0.25, 0.3) is 0 Å². The second-order valence-corrected chi connectivity index (χ2v) is 6.01. The van der Waals surface area contributed by atoms with Crippen LogP contribution in [0.3, 0.4) is 0 Å². The predicted molar refractivity (Wildman–Crippen MR) is 83.1 cm³/mol. The van der Waals surface area contributed by atoms with E-state index in [9.17, 15) is 4.79 Å². The number of nitrogens with zero attached hydrogens (tertiary/aromatic N) is 1. The van der Waals surface area contributed by atoms with Gasteiger partial charge in [0, 0.05) is 12.6 Å². The van der Waals surface area contributed by atoms with Gasteiger partial charge in [-0.3, -0.25) is 4.79 Å². The van der Waals surface area contributed by atoms with Crippen LogP contribution in [-0.2, 0) is 16.8 Å². The van der Waals surface area contributed by atoms with Crippen molar-refractivity contribution in [3.05, 3.63) is 47.1 Å². The van der Waals surface area contributed by atoms with Crippen LogP contribution in [0.25, 0.3) is 0 Å². The number of rotatable bonds is 2. The van der Waals surface area contributed by atoms with Crippen molar-refractivity contribution in [1.29, 1.82) is 0 Å². The molecule has 4 rings (SSSR count). The van der Waals surface area contributed by atoms with Crippen molar-refractivity contribution in [1.82, 2.24) is 4.90 Å². The summed E-state index contributed by atoms with van der Waals surface area (Å²) in [5.74, 6) is 1.62. The number of methoxy groups -OCH3 is 2. The average Bonchev–Trinajstić information content (AvgIpc) is 2.86. The Kier molecular flexibility index (Phi) is 2.83. The first-order chi connectivity index (χ1) is 10.7. The molecule has 0 radical (unpaired) electrons. The third kappa shape index (κ3) is 1.55. The summed E-state index contributed by atoms with van der Waals surface area (Å²) in [6.45, 7) is 0.759. The second-order valence-electron chi connectivity index (χ2n) is 6.01. The smallest absolute Gasteiger partial charge is 0.247 e. The van der Waals surface area contributed by atoms with E-state index in [-0.39, 0.29) is 11.4 Å². The molecule has 0 saturated heterocycles. The number of carbonyl (C=O) groups is 1. The number of hydrogen-bond acceptors (Lipinski definition) is 3.